The molecular formula is C21H42N2O6S. The zero-order valence-corrected chi connectivity index (χ0v) is 19.5. The molecule has 0 aromatic heterocycles. The van der Waals surface area contributed by atoms with Crippen molar-refractivity contribution in [3.05, 3.63) is 0 Å². The molecule has 30 heavy (non-hydrogen) atoms. The standard InChI is InChI=1S/C21H42N2O6S/c1-4-5-11-22-30(28,29)14-19(25)20(26)17(13-16-9-7-6-8-10-16)23-21(27)18(24)12-15(2)3/h15-20,22,24-26H,4-14H2,1-3H3,(H,23,27)/t17-,18-,19+,20+/m0/s1. The Morgan fingerprint density at radius 1 is 1.10 bits per heavy atom. The number of rotatable bonds is 14. The molecule has 4 atom stereocenters. The van der Waals surface area contributed by atoms with Crippen LogP contribution in [0.5, 0.6) is 0 Å². The highest BCUT2D eigenvalue weighted by atomic mass is 32.2. The first-order chi connectivity index (χ1) is 14.1. The molecule has 0 aliphatic heterocycles. The molecule has 1 aliphatic carbocycles. The van der Waals surface area contributed by atoms with Gasteiger partial charge in [0.15, 0.2) is 0 Å². The van der Waals surface area contributed by atoms with Crippen LogP contribution in [0.25, 0.3) is 0 Å². The minimum absolute atomic E-state index is 0.123. The number of nitrogens with one attached hydrogen (secondary N) is 2. The van der Waals surface area contributed by atoms with Crippen molar-refractivity contribution in [2.75, 3.05) is 12.3 Å². The largest absolute Gasteiger partial charge is 0.389 e. The van der Waals surface area contributed by atoms with E-state index in [9.17, 15) is 28.5 Å². The molecule has 1 saturated carbocycles. The van der Waals surface area contributed by atoms with Crippen LogP contribution in [0.15, 0.2) is 0 Å². The number of sulfonamides is 1. The van der Waals surface area contributed by atoms with Crippen LogP contribution >= 0.6 is 0 Å². The average Bonchev–Trinajstić information content (AvgIpc) is 2.66. The van der Waals surface area contributed by atoms with E-state index in [1.54, 1.807) is 0 Å². The molecule has 5 N–H and O–H groups in total. The molecule has 0 radical (unpaired) electrons. The van der Waals surface area contributed by atoms with Crippen LogP contribution in [-0.4, -0.2) is 66.3 Å². The van der Waals surface area contributed by atoms with E-state index < -0.39 is 46.0 Å². The quantitative estimate of drug-likeness (QED) is 0.253. The highest BCUT2D eigenvalue weighted by Gasteiger charge is 2.34. The summed E-state index contributed by atoms with van der Waals surface area (Å²) in [6.45, 7) is 6.01. The lowest BCUT2D eigenvalue weighted by atomic mass is 9.83. The number of hydrogen-bond acceptors (Lipinski definition) is 6. The van der Waals surface area contributed by atoms with E-state index in [-0.39, 0.29) is 24.8 Å². The van der Waals surface area contributed by atoms with Crippen LogP contribution in [0.2, 0.25) is 0 Å². The first kappa shape index (κ1) is 27.3. The van der Waals surface area contributed by atoms with Crippen molar-refractivity contribution in [2.24, 2.45) is 11.8 Å². The van der Waals surface area contributed by atoms with Crippen LogP contribution in [0.3, 0.4) is 0 Å². The monoisotopic (exact) mass is 450 g/mol. The Kier molecular flexibility index (Phi) is 12.4. The Labute approximate surface area is 181 Å². The van der Waals surface area contributed by atoms with Gasteiger partial charge in [0.25, 0.3) is 0 Å². The van der Waals surface area contributed by atoms with Gasteiger partial charge in [0.2, 0.25) is 15.9 Å². The summed E-state index contributed by atoms with van der Waals surface area (Å²) in [4.78, 5) is 12.4. The van der Waals surface area contributed by atoms with Crippen molar-refractivity contribution in [3.63, 3.8) is 0 Å². The topological polar surface area (TPSA) is 136 Å². The van der Waals surface area contributed by atoms with Crippen LogP contribution in [-0.2, 0) is 14.8 Å². The van der Waals surface area contributed by atoms with Crippen molar-refractivity contribution in [3.8, 4) is 0 Å². The zero-order chi connectivity index (χ0) is 22.7. The molecule has 0 spiro atoms. The van der Waals surface area contributed by atoms with Crippen molar-refractivity contribution < 1.29 is 28.5 Å². The number of hydrogen-bond donors (Lipinski definition) is 5. The van der Waals surface area contributed by atoms with Gasteiger partial charge in [-0.25, -0.2) is 13.1 Å². The van der Waals surface area contributed by atoms with E-state index in [1.165, 1.54) is 0 Å². The molecule has 0 aromatic rings. The van der Waals surface area contributed by atoms with Crippen molar-refractivity contribution >= 4 is 15.9 Å². The van der Waals surface area contributed by atoms with Crippen LogP contribution < -0.4 is 10.0 Å². The lowest BCUT2D eigenvalue weighted by Crippen LogP contribution is -2.54. The normalized spacial score (nSPS) is 20.0. The third-order valence-corrected chi connectivity index (χ3v) is 7.11. The van der Waals surface area contributed by atoms with Crippen LogP contribution in [0.4, 0.5) is 0 Å². The van der Waals surface area contributed by atoms with Crippen molar-refractivity contribution in [1.29, 1.82) is 0 Å². The first-order valence-corrected chi connectivity index (χ1v) is 13.0. The van der Waals surface area contributed by atoms with Crippen LogP contribution in [0, 0.1) is 11.8 Å². The van der Waals surface area contributed by atoms with E-state index in [1.807, 2.05) is 20.8 Å². The summed E-state index contributed by atoms with van der Waals surface area (Å²) in [6, 6.07) is -0.816. The van der Waals surface area contributed by atoms with E-state index in [0.29, 0.717) is 12.8 Å². The number of carbonyl (C=O) groups is 1. The molecule has 0 bridgehead atoms. The Hall–Kier alpha value is -0.740. The molecule has 9 heteroatoms. The van der Waals surface area contributed by atoms with E-state index in [2.05, 4.69) is 10.0 Å². The molecule has 1 aliphatic rings. The average molecular weight is 451 g/mol. The molecule has 0 aromatic carbocycles. The van der Waals surface area contributed by atoms with Crippen LogP contribution in [0.1, 0.15) is 78.6 Å². The predicted molar refractivity (Wildman–Crippen MR) is 117 cm³/mol. The second-order valence-corrected chi connectivity index (χ2v) is 10.9. The Balaban J connectivity index is 2.80. The number of carbonyl (C=O) groups excluding carboxylic acids is 1. The van der Waals surface area contributed by atoms with Gasteiger partial charge in [-0.2, -0.15) is 0 Å². The fourth-order valence-corrected chi connectivity index (χ4v) is 5.17. The molecule has 1 amide bonds. The minimum atomic E-state index is -3.75. The van der Waals surface area contributed by atoms with Gasteiger partial charge in [-0.1, -0.05) is 59.3 Å². The number of amides is 1. The smallest absolute Gasteiger partial charge is 0.249 e. The molecule has 0 unspecified atom stereocenters. The summed E-state index contributed by atoms with van der Waals surface area (Å²) in [5, 5.41) is 33.9. The minimum Gasteiger partial charge on any atom is -0.389 e. The SMILES string of the molecule is CCCCNS(=O)(=O)C[C@@H](O)[C@H](O)[C@H](CC1CCCCC1)NC(=O)[C@@H](O)CC(C)C. The molecule has 8 nitrogen and oxygen atoms in total. The maximum absolute atomic E-state index is 12.4. The predicted octanol–water partition coefficient (Wildman–Crippen LogP) is 1.29. The van der Waals surface area contributed by atoms with Gasteiger partial charge in [0, 0.05) is 6.54 Å². The van der Waals surface area contributed by atoms with Gasteiger partial charge in [-0.15, -0.1) is 0 Å². The summed E-state index contributed by atoms with van der Waals surface area (Å²) < 4.78 is 26.8. The summed E-state index contributed by atoms with van der Waals surface area (Å²) >= 11 is 0. The third-order valence-electron chi connectivity index (χ3n) is 5.69. The lowest BCUT2D eigenvalue weighted by Gasteiger charge is -2.32. The molecule has 1 rings (SSSR count). The molecule has 0 saturated heterocycles. The summed E-state index contributed by atoms with van der Waals surface area (Å²) in [6.07, 6.45) is 3.33. The van der Waals surface area contributed by atoms with Gasteiger partial charge in [0.05, 0.1) is 17.9 Å². The summed E-state index contributed by atoms with van der Waals surface area (Å²) in [5.41, 5.74) is 0. The molecule has 1 fully saturated rings. The Bertz CT molecular complexity index is 592. The van der Waals surface area contributed by atoms with E-state index in [0.717, 1.165) is 38.5 Å². The second-order valence-electron chi connectivity index (χ2n) is 9.09. The second kappa shape index (κ2) is 13.6. The highest BCUT2D eigenvalue weighted by Crippen LogP contribution is 2.28. The van der Waals surface area contributed by atoms with Gasteiger partial charge in [-0.05, 0) is 31.1 Å². The first-order valence-electron chi connectivity index (χ1n) is 11.4. The number of aliphatic hydroxyl groups is 3. The van der Waals surface area contributed by atoms with Crippen molar-refractivity contribution in [1.82, 2.24) is 10.0 Å². The van der Waals surface area contributed by atoms with E-state index >= 15 is 0 Å². The van der Waals surface area contributed by atoms with Crippen molar-refractivity contribution in [2.45, 2.75) is 103 Å². The fourth-order valence-electron chi connectivity index (χ4n) is 3.95. The van der Waals surface area contributed by atoms with Gasteiger partial charge in [0.1, 0.15) is 12.2 Å². The van der Waals surface area contributed by atoms with Gasteiger partial charge >= 0.3 is 0 Å². The highest BCUT2D eigenvalue weighted by molar-refractivity contribution is 7.89. The maximum Gasteiger partial charge on any atom is 0.249 e. The Morgan fingerprint density at radius 2 is 1.73 bits per heavy atom. The summed E-state index contributed by atoms with van der Waals surface area (Å²) in [7, 11) is -3.75. The fraction of sp³-hybridized carbons (Fsp3) is 0.952. The molecular weight excluding hydrogens is 408 g/mol. The molecule has 0 heterocycles. The van der Waals surface area contributed by atoms with Gasteiger partial charge < -0.3 is 20.6 Å². The maximum atomic E-state index is 12.4. The zero-order valence-electron chi connectivity index (χ0n) is 18.7. The lowest BCUT2D eigenvalue weighted by molar-refractivity contribution is -0.132. The summed E-state index contributed by atoms with van der Waals surface area (Å²) in [5.74, 6) is -0.826. The van der Waals surface area contributed by atoms with Gasteiger partial charge in [-0.3, -0.25) is 4.79 Å². The third kappa shape index (κ3) is 10.5. The number of unbranched alkanes of at least 4 members (excludes halogenated alkanes) is 1. The van der Waals surface area contributed by atoms with E-state index in [4.69, 9.17) is 0 Å². The number of aliphatic hydroxyl groups excluding tert-OH is 3. The molecule has 178 valence electrons. The Morgan fingerprint density at radius 3 is 2.30 bits per heavy atom.